The molecule has 0 fully saturated rings. The minimum atomic E-state index is -0.624. The fourth-order valence-electron chi connectivity index (χ4n) is 2.91. The molecule has 0 bridgehead atoms. The van der Waals surface area contributed by atoms with Crippen molar-refractivity contribution < 1.29 is 14.3 Å². The zero-order chi connectivity index (χ0) is 22.1. The first kappa shape index (κ1) is 24.0. The number of benzene rings is 2. The van der Waals surface area contributed by atoms with Crippen LogP contribution in [0.2, 0.25) is 10.0 Å². The van der Waals surface area contributed by atoms with Crippen molar-refractivity contribution >= 4 is 35.0 Å². The molecule has 2 aromatic carbocycles. The maximum Gasteiger partial charge on any atom is 0.261 e. The molecule has 0 saturated carbocycles. The maximum atomic E-state index is 13.1. The Morgan fingerprint density at radius 2 is 1.73 bits per heavy atom. The SMILES string of the molecule is CC[C@@H](C(=O)NCC(C)C)N(Cc1ccccc1Cl)C(=O)COc1ccc(Cl)cc1. The monoisotopic (exact) mass is 450 g/mol. The van der Waals surface area contributed by atoms with Crippen LogP contribution < -0.4 is 10.1 Å². The van der Waals surface area contributed by atoms with E-state index in [2.05, 4.69) is 5.32 Å². The summed E-state index contributed by atoms with van der Waals surface area (Å²) >= 11 is 12.2. The van der Waals surface area contributed by atoms with E-state index in [1.54, 1.807) is 30.3 Å². The molecule has 7 heteroatoms. The van der Waals surface area contributed by atoms with Crippen LogP contribution in [0, 0.1) is 5.92 Å². The number of carbonyl (C=O) groups excluding carboxylic acids is 2. The minimum absolute atomic E-state index is 0.182. The van der Waals surface area contributed by atoms with E-state index < -0.39 is 6.04 Å². The lowest BCUT2D eigenvalue weighted by atomic mass is 10.1. The lowest BCUT2D eigenvalue weighted by Crippen LogP contribution is -2.50. The fraction of sp³-hybridized carbons (Fsp3) is 0.391. The van der Waals surface area contributed by atoms with Gasteiger partial charge in [-0.3, -0.25) is 9.59 Å². The van der Waals surface area contributed by atoms with Gasteiger partial charge >= 0.3 is 0 Å². The van der Waals surface area contributed by atoms with Crippen LogP contribution in [-0.4, -0.2) is 35.9 Å². The van der Waals surface area contributed by atoms with E-state index in [-0.39, 0.29) is 25.0 Å². The van der Waals surface area contributed by atoms with Crippen LogP contribution in [0.3, 0.4) is 0 Å². The number of hydrogen-bond acceptors (Lipinski definition) is 3. The number of nitrogens with zero attached hydrogens (tertiary/aromatic N) is 1. The third kappa shape index (κ3) is 7.22. The lowest BCUT2D eigenvalue weighted by molar-refractivity contribution is -0.143. The van der Waals surface area contributed by atoms with E-state index in [1.165, 1.54) is 4.90 Å². The van der Waals surface area contributed by atoms with Crippen molar-refractivity contribution in [2.45, 2.75) is 39.8 Å². The first-order valence-corrected chi connectivity index (χ1v) is 10.8. The molecule has 0 aliphatic heterocycles. The van der Waals surface area contributed by atoms with E-state index in [4.69, 9.17) is 27.9 Å². The second-order valence-corrected chi connectivity index (χ2v) is 8.26. The van der Waals surface area contributed by atoms with Crippen molar-refractivity contribution in [3.05, 3.63) is 64.1 Å². The van der Waals surface area contributed by atoms with Crippen molar-refractivity contribution in [3.8, 4) is 5.75 Å². The summed E-state index contributed by atoms with van der Waals surface area (Å²) in [6, 6.07) is 13.4. The number of rotatable bonds is 10. The van der Waals surface area contributed by atoms with E-state index in [0.717, 1.165) is 5.56 Å². The third-order valence-corrected chi connectivity index (χ3v) is 5.17. The van der Waals surface area contributed by atoms with Crippen molar-refractivity contribution in [2.75, 3.05) is 13.2 Å². The highest BCUT2D eigenvalue weighted by Gasteiger charge is 2.29. The van der Waals surface area contributed by atoms with E-state index in [9.17, 15) is 9.59 Å². The Hall–Kier alpha value is -2.24. The van der Waals surface area contributed by atoms with Crippen molar-refractivity contribution in [1.29, 1.82) is 0 Å². The molecule has 0 aromatic heterocycles. The van der Waals surface area contributed by atoms with E-state index >= 15 is 0 Å². The Kier molecular flexibility index (Phi) is 9.47. The average molecular weight is 451 g/mol. The number of ether oxygens (including phenoxy) is 1. The number of halogens is 2. The summed E-state index contributed by atoms with van der Waals surface area (Å²) in [7, 11) is 0. The molecule has 0 saturated heterocycles. The highest BCUT2D eigenvalue weighted by atomic mass is 35.5. The molecule has 0 heterocycles. The molecule has 0 spiro atoms. The van der Waals surface area contributed by atoms with E-state index in [0.29, 0.717) is 34.7 Å². The Bertz CT molecular complexity index is 841. The number of carbonyl (C=O) groups is 2. The Balaban J connectivity index is 2.19. The van der Waals surface area contributed by atoms with Crippen LogP contribution in [0.25, 0.3) is 0 Å². The van der Waals surface area contributed by atoms with Crippen molar-refractivity contribution in [3.63, 3.8) is 0 Å². The van der Waals surface area contributed by atoms with Gasteiger partial charge in [0, 0.05) is 23.1 Å². The smallest absolute Gasteiger partial charge is 0.261 e. The molecule has 0 aliphatic carbocycles. The summed E-state index contributed by atoms with van der Waals surface area (Å²) in [4.78, 5) is 27.4. The normalized spacial score (nSPS) is 11.8. The molecule has 0 unspecified atom stereocenters. The molecule has 1 N–H and O–H groups in total. The highest BCUT2D eigenvalue weighted by molar-refractivity contribution is 6.31. The molecule has 2 rings (SSSR count). The van der Waals surface area contributed by atoms with Gasteiger partial charge in [-0.2, -0.15) is 0 Å². The maximum absolute atomic E-state index is 13.1. The van der Waals surface area contributed by atoms with Gasteiger partial charge < -0.3 is 15.0 Å². The van der Waals surface area contributed by atoms with Crippen LogP contribution in [0.4, 0.5) is 0 Å². The number of hydrogen-bond donors (Lipinski definition) is 1. The molecule has 5 nitrogen and oxygen atoms in total. The molecule has 2 amide bonds. The summed E-state index contributed by atoms with van der Waals surface area (Å²) in [6.07, 6.45) is 0.473. The topological polar surface area (TPSA) is 58.6 Å². The molecular weight excluding hydrogens is 423 g/mol. The third-order valence-electron chi connectivity index (χ3n) is 4.54. The predicted octanol–water partition coefficient (Wildman–Crippen LogP) is 4.95. The Morgan fingerprint density at radius 1 is 1.07 bits per heavy atom. The Morgan fingerprint density at radius 3 is 2.33 bits per heavy atom. The van der Waals surface area contributed by atoms with Gasteiger partial charge in [-0.15, -0.1) is 0 Å². The largest absolute Gasteiger partial charge is 0.484 e. The quantitative estimate of drug-likeness (QED) is 0.556. The number of nitrogens with one attached hydrogen (secondary N) is 1. The van der Waals surface area contributed by atoms with Gasteiger partial charge in [-0.25, -0.2) is 0 Å². The summed E-state index contributed by atoms with van der Waals surface area (Å²) in [6.45, 7) is 6.50. The van der Waals surface area contributed by atoms with Gasteiger partial charge in [-0.05, 0) is 48.2 Å². The fourth-order valence-corrected chi connectivity index (χ4v) is 3.23. The van der Waals surface area contributed by atoms with Crippen LogP contribution in [0.5, 0.6) is 5.75 Å². The van der Waals surface area contributed by atoms with Crippen molar-refractivity contribution in [1.82, 2.24) is 10.2 Å². The first-order valence-electron chi connectivity index (χ1n) is 10.0. The Labute approximate surface area is 188 Å². The second-order valence-electron chi connectivity index (χ2n) is 7.42. The molecule has 0 aliphatic rings. The van der Waals surface area contributed by atoms with Gasteiger partial charge in [0.05, 0.1) is 0 Å². The van der Waals surface area contributed by atoms with E-state index in [1.807, 2.05) is 39.0 Å². The van der Waals surface area contributed by atoms with Crippen molar-refractivity contribution in [2.24, 2.45) is 5.92 Å². The molecule has 162 valence electrons. The molecule has 2 aromatic rings. The molecule has 0 radical (unpaired) electrons. The minimum Gasteiger partial charge on any atom is -0.484 e. The first-order chi connectivity index (χ1) is 14.3. The van der Waals surface area contributed by atoms with Crippen LogP contribution in [0.1, 0.15) is 32.8 Å². The summed E-state index contributed by atoms with van der Waals surface area (Å²) < 4.78 is 5.63. The van der Waals surface area contributed by atoms with Gasteiger partial charge in [-0.1, -0.05) is 62.2 Å². The van der Waals surface area contributed by atoms with Gasteiger partial charge in [0.1, 0.15) is 11.8 Å². The average Bonchev–Trinajstić information content (AvgIpc) is 2.72. The molecule has 30 heavy (non-hydrogen) atoms. The van der Waals surface area contributed by atoms with Crippen LogP contribution >= 0.6 is 23.2 Å². The number of amides is 2. The predicted molar refractivity (Wildman–Crippen MR) is 121 cm³/mol. The molecule has 1 atom stereocenters. The van der Waals surface area contributed by atoms with Crippen LogP contribution in [-0.2, 0) is 16.1 Å². The highest BCUT2D eigenvalue weighted by Crippen LogP contribution is 2.20. The second kappa shape index (κ2) is 11.8. The standard InChI is InChI=1S/C23H28Cl2N2O3/c1-4-21(23(29)26-13-16(2)3)27(14-17-7-5-6-8-20(17)25)22(28)15-30-19-11-9-18(24)10-12-19/h5-12,16,21H,4,13-15H2,1-3H3,(H,26,29)/t21-/m0/s1. The summed E-state index contributed by atoms with van der Waals surface area (Å²) in [5.74, 6) is 0.365. The summed E-state index contributed by atoms with van der Waals surface area (Å²) in [5, 5.41) is 4.06. The van der Waals surface area contributed by atoms with Crippen LogP contribution in [0.15, 0.2) is 48.5 Å². The molecular formula is C23H28Cl2N2O3. The lowest BCUT2D eigenvalue weighted by Gasteiger charge is -2.31. The van der Waals surface area contributed by atoms with Gasteiger partial charge in [0.2, 0.25) is 5.91 Å². The van der Waals surface area contributed by atoms with Gasteiger partial charge in [0.15, 0.2) is 6.61 Å². The zero-order valence-corrected chi connectivity index (χ0v) is 19.0. The van der Waals surface area contributed by atoms with Gasteiger partial charge in [0.25, 0.3) is 5.91 Å². The summed E-state index contributed by atoms with van der Waals surface area (Å²) in [5.41, 5.74) is 0.772. The zero-order valence-electron chi connectivity index (χ0n) is 17.5.